The van der Waals surface area contributed by atoms with E-state index in [4.69, 9.17) is 0 Å². The van der Waals surface area contributed by atoms with Crippen LogP contribution in [0.25, 0.3) is 0 Å². The van der Waals surface area contributed by atoms with Crippen LogP contribution in [0.1, 0.15) is 57.2 Å². The molecule has 0 aliphatic carbocycles. The van der Waals surface area contributed by atoms with Crippen molar-refractivity contribution in [2.24, 2.45) is 11.8 Å². The van der Waals surface area contributed by atoms with Gasteiger partial charge >= 0.3 is 0 Å². The number of phenols is 1. The van der Waals surface area contributed by atoms with E-state index >= 15 is 0 Å². The first-order valence-corrected chi connectivity index (χ1v) is 10.7. The van der Waals surface area contributed by atoms with E-state index in [2.05, 4.69) is 40.7 Å². The van der Waals surface area contributed by atoms with Crippen LogP contribution in [-0.2, 0) is 11.5 Å². The highest BCUT2D eigenvalue weighted by atomic mass is 32.2. The quantitative estimate of drug-likeness (QED) is 0.508. The largest absolute Gasteiger partial charge is 0.508 e. The molecule has 0 spiro atoms. The lowest BCUT2D eigenvalue weighted by atomic mass is 10.0. The number of benzene rings is 1. The summed E-state index contributed by atoms with van der Waals surface area (Å²) in [5.41, 5.74) is 3.80. The first-order valence-electron chi connectivity index (χ1n) is 8.37. The molecule has 0 radical (unpaired) electrons. The highest BCUT2D eigenvalue weighted by molar-refractivity contribution is 7.98. The summed E-state index contributed by atoms with van der Waals surface area (Å²) in [7, 11) is 0. The lowest BCUT2D eigenvalue weighted by Crippen LogP contribution is -1.97. The minimum Gasteiger partial charge on any atom is -0.508 e. The van der Waals surface area contributed by atoms with E-state index in [1.165, 1.54) is 35.5 Å². The van der Waals surface area contributed by atoms with Gasteiger partial charge in [-0.25, -0.2) is 0 Å². The van der Waals surface area contributed by atoms with E-state index in [-0.39, 0.29) is 0 Å². The van der Waals surface area contributed by atoms with Crippen LogP contribution in [0.2, 0.25) is 0 Å². The van der Waals surface area contributed by atoms with Crippen molar-refractivity contribution in [3.05, 3.63) is 28.8 Å². The molecule has 22 heavy (non-hydrogen) atoms. The zero-order valence-electron chi connectivity index (χ0n) is 14.8. The Morgan fingerprint density at radius 3 is 2.00 bits per heavy atom. The molecule has 1 aromatic carbocycles. The fourth-order valence-electron chi connectivity index (χ4n) is 2.12. The first kappa shape index (κ1) is 19.8. The maximum atomic E-state index is 10.1. The minimum absolute atomic E-state index is 0.463. The monoisotopic (exact) mass is 340 g/mol. The lowest BCUT2D eigenvalue weighted by molar-refractivity contribution is 0.470. The Balaban J connectivity index is 2.55. The van der Waals surface area contributed by atoms with Crippen molar-refractivity contribution in [2.75, 3.05) is 11.5 Å². The summed E-state index contributed by atoms with van der Waals surface area (Å²) >= 11 is 3.94. The van der Waals surface area contributed by atoms with Gasteiger partial charge in [0.05, 0.1) is 0 Å². The third-order valence-corrected chi connectivity index (χ3v) is 5.93. The van der Waals surface area contributed by atoms with E-state index in [9.17, 15) is 5.11 Å². The van der Waals surface area contributed by atoms with Gasteiger partial charge in [0.25, 0.3) is 0 Å². The third kappa shape index (κ3) is 7.32. The topological polar surface area (TPSA) is 20.2 Å². The van der Waals surface area contributed by atoms with Gasteiger partial charge in [0.1, 0.15) is 5.75 Å². The molecular weight excluding hydrogens is 308 g/mol. The molecule has 0 fully saturated rings. The highest BCUT2D eigenvalue weighted by Gasteiger charge is 2.10. The van der Waals surface area contributed by atoms with Crippen LogP contribution in [-0.4, -0.2) is 16.6 Å². The Morgan fingerprint density at radius 2 is 1.45 bits per heavy atom. The minimum atomic E-state index is 0.463. The predicted molar refractivity (Wildman–Crippen MR) is 104 cm³/mol. The van der Waals surface area contributed by atoms with Crippen LogP contribution >= 0.6 is 23.5 Å². The average Bonchev–Trinajstić information content (AvgIpc) is 2.44. The highest BCUT2D eigenvalue weighted by Crippen LogP contribution is 2.30. The summed E-state index contributed by atoms with van der Waals surface area (Å²) in [4.78, 5) is 0. The molecule has 3 heteroatoms. The Morgan fingerprint density at radius 1 is 0.909 bits per heavy atom. The summed E-state index contributed by atoms with van der Waals surface area (Å²) in [6, 6.07) is 3.97. The normalized spacial score (nSPS) is 11.6. The van der Waals surface area contributed by atoms with Crippen molar-refractivity contribution in [3.63, 3.8) is 0 Å². The van der Waals surface area contributed by atoms with Crippen LogP contribution < -0.4 is 0 Å². The Hall–Kier alpha value is -0.280. The summed E-state index contributed by atoms with van der Waals surface area (Å²) in [5, 5.41) is 10.1. The Labute approximate surface area is 145 Å². The van der Waals surface area contributed by atoms with E-state index in [1.807, 2.05) is 29.6 Å². The van der Waals surface area contributed by atoms with Crippen molar-refractivity contribution in [2.45, 2.75) is 59.0 Å². The van der Waals surface area contributed by atoms with Gasteiger partial charge in [0.15, 0.2) is 0 Å². The van der Waals surface area contributed by atoms with Crippen LogP contribution in [0, 0.1) is 18.8 Å². The summed E-state index contributed by atoms with van der Waals surface area (Å²) in [6.45, 7) is 11.2. The molecule has 1 nitrogen and oxygen atoms in total. The molecule has 1 rings (SSSR count). The van der Waals surface area contributed by atoms with E-state index in [0.717, 1.165) is 28.9 Å². The molecule has 0 saturated carbocycles. The maximum Gasteiger partial charge on any atom is 0.119 e. The van der Waals surface area contributed by atoms with Gasteiger partial charge in [-0.2, -0.15) is 23.5 Å². The number of hydrogen-bond donors (Lipinski definition) is 1. The molecule has 0 bridgehead atoms. The van der Waals surface area contributed by atoms with Gasteiger partial charge in [-0.15, -0.1) is 0 Å². The molecule has 0 saturated heterocycles. The second-order valence-electron chi connectivity index (χ2n) is 6.82. The van der Waals surface area contributed by atoms with Gasteiger partial charge in [-0.1, -0.05) is 33.8 Å². The Kier molecular flexibility index (Phi) is 9.42. The summed E-state index contributed by atoms with van der Waals surface area (Å²) in [5.74, 6) is 6.37. The second kappa shape index (κ2) is 10.5. The molecule has 0 aliphatic rings. The predicted octanol–water partition coefficient (Wildman–Crippen LogP) is 6.26. The number of thioether (sulfide) groups is 2. The first-order chi connectivity index (χ1) is 10.4. The second-order valence-corrected chi connectivity index (χ2v) is 9.03. The van der Waals surface area contributed by atoms with Crippen molar-refractivity contribution in [3.8, 4) is 5.75 Å². The van der Waals surface area contributed by atoms with E-state index in [0.29, 0.717) is 5.75 Å². The van der Waals surface area contributed by atoms with Crippen molar-refractivity contribution in [1.29, 1.82) is 0 Å². The molecule has 0 atom stereocenters. The molecular formula is C19H32OS2. The summed E-state index contributed by atoms with van der Waals surface area (Å²) < 4.78 is 0. The Bertz CT molecular complexity index is 441. The zero-order chi connectivity index (χ0) is 16.5. The van der Waals surface area contributed by atoms with Crippen LogP contribution in [0.4, 0.5) is 0 Å². The third-order valence-electron chi connectivity index (χ3n) is 3.87. The van der Waals surface area contributed by atoms with Crippen LogP contribution in [0.15, 0.2) is 12.1 Å². The smallest absolute Gasteiger partial charge is 0.119 e. The fraction of sp³-hybridized carbons (Fsp3) is 0.684. The van der Waals surface area contributed by atoms with E-state index in [1.54, 1.807) is 0 Å². The lowest BCUT2D eigenvalue weighted by Gasteiger charge is -2.14. The average molecular weight is 341 g/mol. The molecule has 1 aromatic rings. The fourth-order valence-corrected chi connectivity index (χ4v) is 4.79. The zero-order valence-corrected chi connectivity index (χ0v) is 16.4. The molecule has 1 N–H and O–H groups in total. The van der Waals surface area contributed by atoms with Crippen LogP contribution in [0.5, 0.6) is 5.75 Å². The molecule has 0 aliphatic heterocycles. The van der Waals surface area contributed by atoms with Gasteiger partial charge in [-0.3, -0.25) is 0 Å². The molecule has 0 aromatic heterocycles. The number of hydrogen-bond acceptors (Lipinski definition) is 3. The molecule has 0 amide bonds. The molecule has 126 valence electrons. The van der Waals surface area contributed by atoms with Crippen LogP contribution in [0.3, 0.4) is 0 Å². The SMILES string of the molecule is Cc1c(CSCCC(C)C)ccc(O)c1CSCCC(C)C. The van der Waals surface area contributed by atoms with Crippen molar-refractivity contribution < 1.29 is 5.11 Å². The van der Waals surface area contributed by atoms with Crippen molar-refractivity contribution in [1.82, 2.24) is 0 Å². The maximum absolute atomic E-state index is 10.1. The van der Waals surface area contributed by atoms with E-state index < -0.39 is 0 Å². The van der Waals surface area contributed by atoms with Gasteiger partial charge < -0.3 is 5.11 Å². The van der Waals surface area contributed by atoms with Gasteiger partial charge in [-0.05, 0) is 60.3 Å². The number of rotatable bonds is 10. The number of phenolic OH excluding ortho intramolecular Hbond substituents is 1. The summed E-state index contributed by atoms with van der Waals surface area (Å²) in [6.07, 6.45) is 2.52. The standard InChI is InChI=1S/C19H32OS2/c1-14(2)8-10-21-12-17-6-7-19(20)18(16(17)5)13-22-11-9-15(3)4/h6-7,14-15,20H,8-13H2,1-5H3. The van der Waals surface area contributed by atoms with Crippen molar-refractivity contribution >= 4 is 23.5 Å². The van der Waals surface area contributed by atoms with Gasteiger partial charge in [0.2, 0.25) is 0 Å². The molecule has 0 unspecified atom stereocenters. The number of aromatic hydroxyl groups is 1. The van der Waals surface area contributed by atoms with Gasteiger partial charge in [0, 0.05) is 17.1 Å². The molecule has 0 heterocycles.